The summed E-state index contributed by atoms with van der Waals surface area (Å²) in [6, 6.07) is 14.2. The van der Waals surface area contributed by atoms with E-state index in [9.17, 15) is 4.79 Å². The Morgan fingerprint density at radius 1 is 1.03 bits per heavy atom. The zero-order valence-electron chi connectivity index (χ0n) is 18.2. The molecule has 1 aromatic heterocycles. The molecule has 0 saturated carbocycles. The van der Waals surface area contributed by atoms with E-state index < -0.39 is 0 Å². The van der Waals surface area contributed by atoms with Gasteiger partial charge in [0.2, 0.25) is 0 Å². The maximum atomic E-state index is 13.4. The van der Waals surface area contributed by atoms with E-state index in [1.54, 1.807) is 6.20 Å². The van der Waals surface area contributed by atoms with Crippen molar-refractivity contribution in [1.82, 2.24) is 14.8 Å². The van der Waals surface area contributed by atoms with Crippen LogP contribution in [-0.2, 0) is 9.47 Å². The number of carbonyl (C=O) groups is 1. The normalized spacial score (nSPS) is 27.3. The molecule has 3 aliphatic rings. The van der Waals surface area contributed by atoms with Gasteiger partial charge in [-0.25, -0.2) is 0 Å². The van der Waals surface area contributed by atoms with Gasteiger partial charge in [-0.2, -0.15) is 0 Å². The first-order valence-corrected chi connectivity index (χ1v) is 11.4. The van der Waals surface area contributed by atoms with Crippen molar-refractivity contribution in [3.8, 4) is 0 Å². The van der Waals surface area contributed by atoms with Gasteiger partial charge < -0.3 is 19.3 Å². The van der Waals surface area contributed by atoms with Gasteiger partial charge >= 0.3 is 0 Å². The average Bonchev–Trinajstić information content (AvgIpc) is 3.21. The Labute approximate surface area is 184 Å². The lowest BCUT2D eigenvalue weighted by atomic mass is 9.87. The molecule has 4 heterocycles. The monoisotopic (exact) mass is 421 g/mol. The van der Waals surface area contributed by atoms with E-state index in [0.717, 1.165) is 39.4 Å². The number of rotatable bonds is 4. The predicted octanol–water partition coefficient (Wildman–Crippen LogP) is 2.80. The Morgan fingerprint density at radius 2 is 1.81 bits per heavy atom. The van der Waals surface area contributed by atoms with Gasteiger partial charge in [-0.05, 0) is 36.1 Å². The fraction of sp³-hybridized carbons (Fsp3) is 0.520. The van der Waals surface area contributed by atoms with Gasteiger partial charge in [0.05, 0.1) is 32.5 Å². The molecular formula is C25H31N3O3. The summed E-state index contributed by atoms with van der Waals surface area (Å²) in [5.74, 6) is 1.37. The number of aromatic nitrogens is 1. The number of aryl methyl sites for hydroxylation is 1. The summed E-state index contributed by atoms with van der Waals surface area (Å²) >= 11 is 0. The molecule has 2 aromatic rings. The Bertz CT molecular complexity index is 898. The zero-order chi connectivity index (χ0) is 21.2. The van der Waals surface area contributed by atoms with Crippen LogP contribution in [0.2, 0.25) is 0 Å². The van der Waals surface area contributed by atoms with E-state index in [2.05, 4.69) is 46.0 Å². The fourth-order valence-corrected chi connectivity index (χ4v) is 5.59. The van der Waals surface area contributed by atoms with E-state index in [1.807, 2.05) is 18.2 Å². The molecule has 5 rings (SSSR count). The highest BCUT2D eigenvalue weighted by molar-refractivity contribution is 5.92. The van der Waals surface area contributed by atoms with Crippen LogP contribution in [0.5, 0.6) is 0 Å². The van der Waals surface area contributed by atoms with Crippen LogP contribution < -0.4 is 0 Å². The molecule has 31 heavy (non-hydrogen) atoms. The SMILES string of the molecule is Cc1ccccc1[C@H]1[C@H]2CN(CC3COCCOC3)C[C@H]2CN1C(=O)c1ccccn1. The molecule has 3 aliphatic heterocycles. The van der Waals surface area contributed by atoms with Crippen LogP contribution in [-0.4, -0.2) is 73.3 Å². The van der Waals surface area contributed by atoms with E-state index >= 15 is 0 Å². The second kappa shape index (κ2) is 9.07. The van der Waals surface area contributed by atoms with Crippen LogP contribution in [0.3, 0.4) is 0 Å². The summed E-state index contributed by atoms with van der Waals surface area (Å²) < 4.78 is 11.4. The number of likely N-dealkylation sites (tertiary alicyclic amines) is 2. The number of carbonyl (C=O) groups excluding carboxylic acids is 1. The minimum absolute atomic E-state index is 0.0420. The summed E-state index contributed by atoms with van der Waals surface area (Å²) in [6.07, 6.45) is 1.70. The first-order chi connectivity index (χ1) is 15.2. The highest BCUT2D eigenvalue weighted by atomic mass is 16.5. The smallest absolute Gasteiger partial charge is 0.272 e. The molecule has 0 bridgehead atoms. The summed E-state index contributed by atoms with van der Waals surface area (Å²) in [5, 5.41) is 0. The van der Waals surface area contributed by atoms with Crippen molar-refractivity contribution < 1.29 is 14.3 Å². The fourth-order valence-electron chi connectivity index (χ4n) is 5.59. The lowest BCUT2D eigenvalue weighted by Crippen LogP contribution is -2.38. The second-order valence-electron chi connectivity index (χ2n) is 9.13. The Kier molecular flexibility index (Phi) is 6.03. The van der Waals surface area contributed by atoms with Crippen molar-refractivity contribution in [3.63, 3.8) is 0 Å². The van der Waals surface area contributed by atoms with E-state index in [-0.39, 0.29) is 11.9 Å². The second-order valence-corrected chi connectivity index (χ2v) is 9.13. The van der Waals surface area contributed by atoms with Crippen LogP contribution in [0.1, 0.15) is 27.7 Å². The number of ether oxygens (including phenoxy) is 2. The zero-order valence-corrected chi connectivity index (χ0v) is 18.2. The third-order valence-corrected chi connectivity index (χ3v) is 6.99. The number of nitrogens with zero attached hydrogens (tertiary/aromatic N) is 3. The molecule has 6 nitrogen and oxygen atoms in total. The number of amides is 1. The Morgan fingerprint density at radius 3 is 2.55 bits per heavy atom. The summed E-state index contributed by atoms with van der Waals surface area (Å²) in [5.41, 5.74) is 3.05. The molecule has 0 N–H and O–H groups in total. The first kappa shape index (κ1) is 20.6. The molecule has 0 radical (unpaired) electrons. The summed E-state index contributed by atoms with van der Waals surface area (Å²) in [4.78, 5) is 22.4. The molecule has 164 valence electrons. The lowest BCUT2D eigenvalue weighted by molar-refractivity contribution is 0.0680. The van der Waals surface area contributed by atoms with E-state index in [0.29, 0.717) is 36.7 Å². The van der Waals surface area contributed by atoms with Gasteiger partial charge in [0.1, 0.15) is 5.69 Å². The topological polar surface area (TPSA) is 54.9 Å². The third-order valence-electron chi connectivity index (χ3n) is 6.99. The van der Waals surface area contributed by atoms with Crippen LogP contribution >= 0.6 is 0 Å². The first-order valence-electron chi connectivity index (χ1n) is 11.4. The number of hydrogen-bond donors (Lipinski definition) is 0. The summed E-state index contributed by atoms with van der Waals surface area (Å²) in [6.45, 7) is 8.91. The molecule has 0 aliphatic carbocycles. The van der Waals surface area contributed by atoms with Crippen molar-refractivity contribution in [2.24, 2.45) is 17.8 Å². The molecule has 1 aromatic carbocycles. The van der Waals surface area contributed by atoms with Crippen LogP contribution in [0, 0.1) is 24.7 Å². The van der Waals surface area contributed by atoms with Gasteiger partial charge in [0, 0.05) is 44.2 Å². The van der Waals surface area contributed by atoms with Crippen LogP contribution in [0.15, 0.2) is 48.7 Å². The molecule has 6 heteroatoms. The Hall–Kier alpha value is -2.28. The predicted molar refractivity (Wildman–Crippen MR) is 118 cm³/mol. The highest BCUT2D eigenvalue weighted by Gasteiger charge is 2.49. The minimum Gasteiger partial charge on any atom is -0.379 e. The van der Waals surface area contributed by atoms with E-state index in [4.69, 9.17) is 9.47 Å². The largest absolute Gasteiger partial charge is 0.379 e. The molecule has 3 atom stereocenters. The molecule has 0 unspecified atom stereocenters. The number of hydrogen-bond acceptors (Lipinski definition) is 5. The number of benzene rings is 1. The van der Waals surface area contributed by atoms with Crippen molar-refractivity contribution in [2.75, 3.05) is 52.6 Å². The maximum Gasteiger partial charge on any atom is 0.272 e. The van der Waals surface area contributed by atoms with E-state index in [1.165, 1.54) is 11.1 Å². The van der Waals surface area contributed by atoms with Gasteiger partial charge in [0.25, 0.3) is 5.91 Å². The minimum atomic E-state index is 0.0420. The van der Waals surface area contributed by atoms with Crippen molar-refractivity contribution in [3.05, 3.63) is 65.5 Å². The molecule has 3 saturated heterocycles. The van der Waals surface area contributed by atoms with Gasteiger partial charge in [-0.1, -0.05) is 30.3 Å². The quantitative estimate of drug-likeness (QED) is 0.760. The van der Waals surface area contributed by atoms with Crippen LogP contribution in [0.25, 0.3) is 0 Å². The van der Waals surface area contributed by atoms with Crippen LogP contribution in [0.4, 0.5) is 0 Å². The van der Waals surface area contributed by atoms with Gasteiger partial charge in [-0.3, -0.25) is 9.78 Å². The molecule has 1 amide bonds. The molecular weight excluding hydrogens is 390 g/mol. The maximum absolute atomic E-state index is 13.4. The summed E-state index contributed by atoms with van der Waals surface area (Å²) in [7, 11) is 0. The van der Waals surface area contributed by atoms with Crippen molar-refractivity contribution >= 4 is 5.91 Å². The van der Waals surface area contributed by atoms with Gasteiger partial charge in [-0.15, -0.1) is 0 Å². The Balaban J connectivity index is 1.38. The number of fused-ring (bicyclic) bond motifs is 1. The van der Waals surface area contributed by atoms with Gasteiger partial charge in [0.15, 0.2) is 0 Å². The number of pyridine rings is 1. The lowest BCUT2D eigenvalue weighted by Gasteiger charge is -2.31. The van der Waals surface area contributed by atoms with Crippen molar-refractivity contribution in [2.45, 2.75) is 13.0 Å². The highest BCUT2D eigenvalue weighted by Crippen LogP contribution is 2.46. The third kappa shape index (κ3) is 4.25. The van der Waals surface area contributed by atoms with Crippen molar-refractivity contribution in [1.29, 1.82) is 0 Å². The molecule has 3 fully saturated rings. The average molecular weight is 422 g/mol. The standard InChI is InChI=1S/C25H31N3O3/c1-18-6-2-3-7-21(18)24-22-15-27(12-19-16-30-10-11-31-17-19)13-20(22)14-28(24)25(29)23-8-4-5-9-26-23/h2-9,19-20,22,24H,10-17H2,1H3/t20-,22-,24-/m0/s1. The molecule has 0 spiro atoms.